The van der Waals surface area contributed by atoms with Crippen molar-refractivity contribution in [3.63, 3.8) is 0 Å². The molecule has 0 spiro atoms. The number of rotatable bonds is 6. The van der Waals surface area contributed by atoms with Crippen molar-refractivity contribution < 1.29 is 0 Å². The van der Waals surface area contributed by atoms with E-state index in [1.54, 1.807) is 0 Å². The molecule has 2 aliphatic carbocycles. The van der Waals surface area contributed by atoms with Crippen LogP contribution in [0.4, 0.5) is 0 Å². The van der Waals surface area contributed by atoms with Gasteiger partial charge in [-0.05, 0) is 93.9 Å². The highest BCUT2D eigenvalue weighted by Gasteiger charge is 2.45. The minimum atomic E-state index is -2.25. The molecule has 0 N–H and O–H groups in total. The van der Waals surface area contributed by atoms with E-state index in [-0.39, 0.29) is 0 Å². The van der Waals surface area contributed by atoms with Gasteiger partial charge >= 0.3 is 0 Å². The van der Waals surface area contributed by atoms with Crippen LogP contribution in [-0.2, 0) is 0 Å². The largest absolute Gasteiger partial charge is 0.255 e. The summed E-state index contributed by atoms with van der Waals surface area (Å²) in [5.74, 6) is 0.298. The first-order chi connectivity index (χ1) is 21.1. The molecule has 3 aliphatic rings. The highest BCUT2D eigenvalue weighted by atomic mass is 28.3. The smallest absolute Gasteiger partial charge is 0.115 e. The number of hydrogen-bond acceptors (Lipinski definition) is 4. The molecule has 0 saturated carbocycles. The summed E-state index contributed by atoms with van der Waals surface area (Å²) in [6.45, 7) is 5.00. The van der Waals surface area contributed by atoms with Crippen molar-refractivity contribution in [2.45, 2.75) is 32.4 Å². The maximum Gasteiger partial charge on any atom is 0.115 e. The average molecular weight is 575 g/mol. The predicted octanol–water partition coefficient (Wildman–Crippen LogP) is 9.02. The third-order valence-corrected chi connectivity index (χ3v) is 12.2. The predicted molar refractivity (Wildman–Crippen MR) is 179 cm³/mol. The van der Waals surface area contributed by atoms with Crippen molar-refractivity contribution in [1.29, 1.82) is 0 Å². The Kier molecular flexibility index (Phi) is 7.25. The summed E-state index contributed by atoms with van der Waals surface area (Å²) in [6, 6.07) is 20.7. The molecule has 0 amide bonds. The molecule has 0 saturated heterocycles. The minimum absolute atomic E-state index is 0.298. The van der Waals surface area contributed by atoms with Crippen molar-refractivity contribution in [3.05, 3.63) is 156 Å². The van der Waals surface area contributed by atoms with Gasteiger partial charge in [-0.15, -0.1) is 0 Å². The molecule has 4 aromatic heterocycles. The van der Waals surface area contributed by atoms with Crippen molar-refractivity contribution in [2.75, 3.05) is 0 Å². The van der Waals surface area contributed by atoms with Gasteiger partial charge in [0.05, 0.1) is 22.8 Å². The molecule has 210 valence electrons. The lowest BCUT2D eigenvalue weighted by Crippen LogP contribution is -2.29. The molecule has 7 rings (SSSR count). The molecule has 1 atom stereocenters. The Morgan fingerprint density at radius 3 is 1.81 bits per heavy atom. The normalized spacial score (nSPS) is 19.2. The standard InChI is InChI=1S/C38H34N4Si/c1-43(2)37(29-19-21-33(41-25-29)31-17-9-11-23-39-31)35(27-13-5-3-6-14-27)36(28-15-7-4-8-16-28)38(43)30-20-22-34(42-26-30)32-18-10-12-24-40-32/h3,5-7,9-13,15-27H,4,8,14H2,1-2H3. The molecular formula is C38H34N4Si. The first kappa shape index (κ1) is 27.1. The number of pyridine rings is 4. The molecule has 4 nitrogen and oxygen atoms in total. The van der Waals surface area contributed by atoms with Gasteiger partial charge in [0.15, 0.2) is 0 Å². The van der Waals surface area contributed by atoms with Gasteiger partial charge in [0.2, 0.25) is 0 Å². The van der Waals surface area contributed by atoms with Crippen LogP contribution < -0.4 is 0 Å². The zero-order valence-electron chi connectivity index (χ0n) is 24.6. The van der Waals surface area contributed by atoms with Crippen LogP contribution in [0, 0.1) is 5.92 Å². The van der Waals surface area contributed by atoms with Crippen LogP contribution >= 0.6 is 0 Å². The van der Waals surface area contributed by atoms with Crippen molar-refractivity contribution in [2.24, 2.45) is 5.92 Å². The third-order valence-electron chi connectivity index (χ3n) is 8.63. The highest BCUT2D eigenvalue weighted by Crippen LogP contribution is 2.54. The lowest BCUT2D eigenvalue weighted by atomic mass is 9.81. The molecule has 0 bridgehead atoms. The molecular weight excluding hydrogens is 541 g/mol. The van der Waals surface area contributed by atoms with Crippen LogP contribution in [0.25, 0.3) is 33.2 Å². The number of aromatic nitrogens is 4. The SMILES string of the molecule is C[Si]1(C)C(c2ccc(-c3ccccn3)nc2)=C(C2=CCCC=C2)C(C2C=CC=CC2)=C1c1ccc(-c2ccccn2)nc1. The second-order valence-electron chi connectivity index (χ2n) is 11.8. The van der Waals surface area contributed by atoms with Gasteiger partial charge in [-0.3, -0.25) is 19.9 Å². The molecule has 1 aliphatic heterocycles. The Bertz CT molecular complexity index is 1830. The first-order valence-electron chi connectivity index (χ1n) is 15.1. The summed E-state index contributed by atoms with van der Waals surface area (Å²) < 4.78 is 0. The van der Waals surface area contributed by atoms with Gasteiger partial charge in [-0.2, -0.15) is 0 Å². The summed E-state index contributed by atoms with van der Waals surface area (Å²) in [7, 11) is -2.25. The zero-order valence-corrected chi connectivity index (χ0v) is 25.6. The van der Waals surface area contributed by atoms with Crippen LogP contribution in [0.2, 0.25) is 13.1 Å². The second kappa shape index (κ2) is 11.5. The monoisotopic (exact) mass is 574 g/mol. The molecule has 5 heterocycles. The van der Waals surface area contributed by atoms with E-state index < -0.39 is 8.07 Å². The molecule has 43 heavy (non-hydrogen) atoms. The topological polar surface area (TPSA) is 51.6 Å². The van der Waals surface area contributed by atoms with Crippen LogP contribution in [0.3, 0.4) is 0 Å². The third kappa shape index (κ3) is 5.10. The number of hydrogen-bond donors (Lipinski definition) is 0. The Morgan fingerprint density at radius 2 is 1.30 bits per heavy atom. The van der Waals surface area contributed by atoms with E-state index in [0.717, 1.165) is 42.0 Å². The molecule has 5 heteroatoms. The van der Waals surface area contributed by atoms with Crippen LogP contribution in [0.1, 0.15) is 30.4 Å². The summed E-state index contributed by atoms with van der Waals surface area (Å²) >= 11 is 0. The zero-order chi connectivity index (χ0) is 29.2. The van der Waals surface area contributed by atoms with Gasteiger partial charge in [-0.25, -0.2) is 0 Å². The second-order valence-corrected chi connectivity index (χ2v) is 16.0. The van der Waals surface area contributed by atoms with Crippen molar-refractivity contribution in [1.82, 2.24) is 19.9 Å². The van der Waals surface area contributed by atoms with E-state index in [2.05, 4.69) is 102 Å². The Hall–Kier alpha value is -4.74. The summed E-state index contributed by atoms with van der Waals surface area (Å²) in [6.07, 6.45) is 27.1. The van der Waals surface area contributed by atoms with Crippen LogP contribution in [0.15, 0.2) is 145 Å². The molecule has 0 aromatic carbocycles. The maximum absolute atomic E-state index is 4.95. The molecule has 0 radical (unpaired) electrons. The first-order valence-corrected chi connectivity index (χ1v) is 18.1. The molecule has 1 unspecified atom stereocenters. The van der Waals surface area contributed by atoms with Crippen LogP contribution in [0.5, 0.6) is 0 Å². The Morgan fingerprint density at radius 1 is 0.651 bits per heavy atom. The minimum Gasteiger partial charge on any atom is -0.255 e. The lowest BCUT2D eigenvalue weighted by molar-refractivity contribution is 0.782. The quantitative estimate of drug-likeness (QED) is 0.216. The van der Waals surface area contributed by atoms with Gasteiger partial charge in [0, 0.05) is 30.7 Å². The van der Waals surface area contributed by atoms with Crippen LogP contribution in [-0.4, -0.2) is 28.0 Å². The fraction of sp³-hybridized carbons (Fsp3) is 0.158. The number of nitrogens with zero attached hydrogens (tertiary/aromatic N) is 4. The van der Waals surface area contributed by atoms with E-state index in [9.17, 15) is 0 Å². The number of allylic oxidation sites excluding steroid dienone is 10. The Balaban J connectivity index is 1.42. The lowest BCUT2D eigenvalue weighted by Gasteiger charge is -2.27. The fourth-order valence-electron chi connectivity index (χ4n) is 6.73. The van der Waals surface area contributed by atoms with Gasteiger partial charge in [0.1, 0.15) is 8.07 Å². The van der Waals surface area contributed by atoms with Gasteiger partial charge in [0.25, 0.3) is 0 Å². The van der Waals surface area contributed by atoms with Gasteiger partial charge in [-0.1, -0.05) is 79.9 Å². The van der Waals surface area contributed by atoms with Gasteiger partial charge < -0.3 is 0 Å². The maximum atomic E-state index is 4.95. The highest BCUT2D eigenvalue weighted by molar-refractivity contribution is 7.10. The Labute approximate surface area is 254 Å². The molecule has 0 fully saturated rings. The summed E-state index contributed by atoms with van der Waals surface area (Å²) in [4.78, 5) is 18.9. The van der Waals surface area contributed by atoms with E-state index >= 15 is 0 Å². The average Bonchev–Trinajstić information content (AvgIpc) is 3.33. The molecule has 4 aromatic rings. The summed E-state index contributed by atoms with van der Waals surface area (Å²) in [5, 5.41) is 2.92. The van der Waals surface area contributed by atoms with E-state index in [1.807, 2.05) is 48.8 Å². The van der Waals surface area contributed by atoms with E-state index in [1.165, 1.54) is 38.2 Å². The fourth-order valence-corrected chi connectivity index (χ4v) is 10.6. The van der Waals surface area contributed by atoms with E-state index in [4.69, 9.17) is 9.97 Å². The van der Waals surface area contributed by atoms with Crippen molar-refractivity contribution >= 4 is 18.5 Å². The summed E-state index contributed by atoms with van der Waals surface area (Å²) in [5.41, 5.74) is 10.2. The van der Waals surface area contributed by atoms with Crippen molar-refractivity contribution in [3.8, 4) is 22.8 Å². The van der Waals surface area contributed by atoms with E-state index in [0.29, 0.717) is 5.92 Å².